The number of rotatable bonds is 3. The van der Waals surface area contributed by atoms with E-state index < -0.39 is 18.0 Å². The highest BCUT2D eigenvalue weighted by Crippen LogP contribution is 2.78. The molecule has 1 amide bonds. The van der Waals surface area contributed by atoms with Gasteiger partial charge >= 0.3 is 0 Å². The average molecular weight is 373 g/mol. The molecule has 0 bridgehead atoms. The van der Waals surface area contributed by atoms with E-state index in [1.807, 2.05) is 12.1 Å². The zero-order chi connectivity index (χ0) is 19.3. The molecule has 3 aliphatic rings. The molecule has 3 unspecified atom stereocenters. The molecule has 1 aromatic carbocycles. The van der Waals surface area contributed by atoms with Gasteiger partial charge in [0.05, 0.1) is 5.56 Å². The summed E-state index contributed by atoms with van der Waals surface area (Å²) in [6, 6.07) is 5.98. The molecule has 0 aliphatic heterocycles. The van der Waals surface area contributed by atoms with Gasteiger partial charge in [0.15, 0.2) is 0 Å². The van der Waals surface area contributed by atoms with Gasteiger partial charge in [-0.2, -0.15) is 5.10 Å². The number of anilines is 1. The van der Waals surface area contributed by atoms with Crippen molar-refractivity contribution in [2.45, 2.75) is 57.3 Å². The largest absolute Gasteiger partial charge is 0.322 e. The molecule has 1 aromatic heterocycles. The maximum atomic E-state index is 13.1. The number of fused-ring (bicyclic) bond motifs is 2. The lowest BCUT2D eigenvalue weighted by atomic mass is 9.65. The fourth-order valence-electron chi connectivity index (χ4n) is 5.09. The van der Waals surface area contributed by atoms with Crippen molar-refractivity contribution in [1.29, 1.82) is 0 Å². The quantitative estimate of drug-likeness (QED) is 0.806. The minimum atomic E-state index is -2.77. The standard InChI is InChI=1S/C18H17F2N3O.C3H8/c1-23-8-10(15(22-23)16(19)20)17(24)21-13-4-2-3-11-14(13)12-6-5-9-7-18(9,11)12;1-3-2/h2-4,8-9,12,16H,5-7H2,1H3,(H,21,24);3H2,1-2H3. The Hall–Kier alpha value is -2.24. The van der Waals surface area contributed by atoms with Gasteiger partial charge in [0.2, 0.25) is 0 Å². The van der Waals surface area contributed by atoms with Crippen LogP contribution >= 0.6 is 0 Å². The van der Waals surface area contributed by atoms with E-state index in [9.17, 15) is 13.6 Å². The number of nitrogens with zero attached hydrogens (tertiary/aromatic N) is 2. The first-order chi connectivity index (χ1) is 12.9. The summed E-state index contributed by atoms with van der Waals surface area (Å²) in [7, 11) is 1.54. The van der Waals surface area contributed by atoms with E-state index >= 15 is 0 Å². The van der Waals surface area contributed by atoms with Crippen molar-refractivity contribution in [2.24, 2.45) is 13.0 Å². The van der Waals surface area contributed by atoms with Crippen LogP contribution in [0.3, 0.4) is 0 Å². The van der Waals surface area contributed by atoms with Gasteiger partial charge in [-0.3, -0.25) is 9.48 Å². The molecule has 4 nitrogen and oxygen atoms in total. The zero-order valence-corrected chi connectivity index (χ0v) is 15.9. The summed E-state index contributed by atoms with van der Waals surface area (Å²) in [5, 5.41) is 6.55. The van der Waals surface area contributed by atoms with Crippen molar-refractivity contribution in [3.63, 3.8) is 0 Å². The predicted octanol–water partition coefficient (Wildman–Crippen LogP) is 5.18. The third-order valence-corrected chi connectivity index (χ3v) is 6.09. The average Bonchev–Trinajstić information content (AvgIpc) is 3.12. The molecule has 1 N–H and O–H groups in total. The van der Waals surface area contributed by atoms with Gasteiger partial charge in [0.25, 0.3) is 12.3 Å². The number of hydrogen-bond acceptors (Lipinski definition) is 2. The number of alkyl halides is 2. The van der Waals surface area contributed by atoms with Gasteiger partial charge in [-0.15, -0.1) is 0 Å². The molecule has 1 spiro atoms. The van der Waals surface area contributed by atoms with Crippen molar-refractivity contribution in [1.82, 2.24) is 9.78 Å². The molecule has 3 atom stereocenters. The third-order valence-electron chi connectivity index (χ3n) is 6.09. The van der Waals surface area contributed by atoms with Crippen molar-refractivity contribution in [3.05, 3.63) is 46.8 Å². The van der Waals surface area contributed by atoms with Crippen LogP contribution in [0.15, 0.2) is 24.4 Å². The van der Waals surface area contributed by atoms with E-state index in [1.54, 1.807) is 0 Å². The fourth-order valence-corrected chi connectivity index (χ4v) is 5.09. The number of aryl methyl sites for hydroxylation is 1. The van der Waals surface area contributed by atoms with Crippen LogP contribution in [0.1, 0.15) is 79.1 Å². The number of aromatic nitrogens is 2. The summed E-state index contributed by atoms with van der Waals surface area (Å²) >= 11 is 0. The van der Waals surface area contributed by atoms with Crippen molar-refractivity contribution in [3.8, 4) is 0 Å². The van der Waals surface area contributed by atoms with Gasteiger partial charge < -0.3 is 5.32 Å². The lowest BCUT2D eigenvalue weighted by Crippen LogP contribution is -2.31. The Morgan fingerprint density at radius 2 is 2.11 bits per heavy atom. The molecule has 0 radical (unpaired) electrons. The van der Waals surface area contributed by atoms with Crippen molar-refractivity contribution in [2.75, 3.05) is 5.32 Å². The number of hydrogen-bond donors (Lipinski definition) is 1. The molecule has 2 fully saturated rings. The molecular formula is C21H25F2N3O. The van der Waals surface area contributed by atoms with E-state index in [2.05, 4.69) is 30.3 Å². The second-order valence-electron chi connectivity index (χ2n) is 7.90. The summed E-state index contributed by atoms with van der Waals surface area (Å²) in [5.74, 6) is 0.820. The third kappa shape index (κ3) is 2.60. The number of halogens is 2. The minimum Gasteiger partial charge on any atom is -0.322 e. The first kappa shape index (κ1) is 18.1. The number of nitrogens with one attached hydrogen (secondary N) is 1. The van der Waals surface area contributed by atoms with Gasteiger partial charge in [-0.1, -0.05) is 32.4 Å². The van der Waals surface area contributed by atoms with Gasteiger partial charge in [0.1, 0.15) is 5.69 Å². The van der Waals surface area contributed by atoms with Crippen LogP contribution in [0.5, 0.6) is 0 Å². The number of benzene rings is 1. The number of amides is 1. The molecule has 144 valence electrons. The van der Waals surface area contributed by atoms with Crippen molar-refractivity contribution >= 4 is 11.6 Å². The van der Waals surface area contributed by atoms with E-state index in [0.717, 1.165) is 11.6 Å². The van der Waals surface area contributed by atoms with Crippen LogP contribution in [0.25, 0.3) is 0 Å². The summed E-state index contributed by atoms with van der Waals surface area (Å²) in [6.07, 6.45) is 3.52. The topological polar surface area (TPSA) is 46.9 Å². The van der Waals surface area contributed by atoms with Gasteiger partial charge in [0, 0.05) is 24.3 Å². The van der Waals surface area contributed by atoms with Crippen LogP contribution in [0.2, 0.25) is 0 Å². The number of carbonyl (C=O) groups is 1. The predicted molar refractivity (Wildman–Crippen MR) is 100 cm³/mol. The SMILES string of the molecule is CCC.Cn1cc(C(=O)Nc2cccc3c2C2CCC4CC342)c(C(F)F)n1. The Bertz CT molecular complexity index is 892. The second-order valence-corrected chi connectivity index (χ2v) is 7.90. The molecule has 6 heteroatoms. The molecule has 27 heavy (non-hydrogen) atoms. The highest BCUT2D eigenvalue weighted by atomic mass is 19.3. The normalized spacial score (nSPS) is 26.3. The van der Waals surface area contributed by atoms with E-state index in [1.165, 1.54) is 54.7 Å². The van der Waals surface area contributed by atoms with Crippen LogP contribution in [-0.2, 0) is 12.5 Å². The van der Waals surface area contributed by atoms with E-state index in [-0.39, 0.29) is 5.56 Å². The molecule has 0 saturated heterocycles. The maximum absolute atomic E-state index is 13.1. The Balaban J connectivity index is 0.000000565. The Labute approximate surface area is 158 Å². The van der Waals surface area contributed by atoms with E-state index in [0.29, 0.717) is 11.3 Å². The summed E-state index contributed by atoms with van der Waals surface area (Å²) in [6.45, 7) is 4.25. The summed E-state index contributed by atoms with van der Waals surface area (Å²) in [4.78, 5) is 12.5. The smallest absolute Gasteiger partial charge is 0.282 e. The van der Waals surface area contributed by atoms with Gasteiger partial charge in [-0.05, 0) is 48.3 Å². The molecule has 1 heterocycles. The zero-order valence-electron chi connectivity index (χ0n) is 15.9. The van der Waals surface area contributed by atoms with Crippen molar-refractivity contribution < 1.29 is 13.6 Å². The summed E-state index contributed by atoms with van der Waals surface area (Å²) in [5.41, 5.74) is 3.18. The Morgan fingerprint density at radius 1 is 1.37 bits per heavy atom. The summed E-state index contributed by atoms with van der Waals surface area (Å²) < 4.78 is 27.4. The van der Waals surface area contributed by atoms with E-state index in [4.69, 9.17) is 0 Å². The van der Waals surface area contributed by atoms with Crippen LogP contribution in [-0.4, -0.2) is 15.7 Å². The van der Waals surface area contributed by atoms with Crippen LogP contribution in [0, 0.1) is 5.92 Å². The first-order valence-corrected chi connectivity index (χ1v) is 9.70. The highest BCUT2D eigenvalue weighted by molar-refractivity contribution is 6.05. The Morgan fingerprint density at radius 3 is 2.78 bits per heavy atom. The first-order valence-electron chi connectivity index (χ1n) is 9.70. The highest BCUT2D eigenvalue weighted by Gasteiger charge is 2.70. The number of carbonyl (C=O) groups excluding carboxylic acids is 1. The fraction of sp³-hybridized carbons (Fsp3) is 0.524. The molecule has 5 rings (SSSR count). The monoisotopic (exact) mass is 373 g/mol. The second kappa shape index (κ2) is 6.43. The Kier molecular flexibility index (Phi) is 4.32. The maximum Gasteiger partial charge on any atom is 0.282 e. The van der Waals surface area contributed by atoms with Crippen LogP contribution in [0.4, 0.5) is 14.5 Å². The lowest BCUT2D eigenvalue weighted by Gasteiger charge is -2.40. The molecule has 2 saturated carbocycles. The molecule has 3 aliphatic carbocycles. The molecule has 2 aromatic rings. The van der Waals surface area contributed by atoms with Gasteiger partial charge in [-0.25, -0.2) is 8.78 Å². The minimum absolute atomic E-state index is 0.0603. The molecular weight excluding hydrogens is 348 g/mol. The van der Waals surface area contributed by atoms with Crippen LogP contribution < -0.4 is 5.32 Å². The lowest BCUT2D eigenvalue weighted by molar-refractivity contribution is 0.101.